The van der Waals surface area contributed by atoms with Gasteiger partial charge in [0.15, 0.2) is 11.6 Å². The molecule has 0 bridgehead atoms. The highest BCUT2D eigenvalue weighted by atomic mass is 19.4. The Bertz CT molecular complexity index is 1650. The van der Waals surface area contributed by atoms with Crippen LogP contribution in [-0.2, 0) is 10.9 Å². The molecule has 5 rings (SSSR count). The van der Waals surface area contributed by atoms with Crippen LogP contribution in [0, 0.1) is 17.6 Å². The molecular formula is C37H39F5N2O2. The maximum absolute atomic E-state index is 14.7. The van der Waals surface area contributed by atoms with Crippen molar-refractivity contribution >= 4 is 17.5 Å². The topological polar surface area (TPSA) is 43.2 Å². The first-order valence-electron chi connectivity index (χ1n) is 15.8. The zero-order valence-electron chi connectivity index (χ0n) is 26.4. The number of fused-ring (bicyclic) bond motifs is 1. The van der Waals surface area contributed by atoms with Gasteiger partial charge in [-0.15, -0.1) is 0 Å². The Morgan fingerprint density at radius 1 is 0.978 bits per heavy atom. The predicted molar refractivity (Wildman–Crippen MR) is 172 cm³/mol. The molecule has 9 heteroatoms. The van der Waals surface area contributed by atoms with Gasteiger partial charge in [0, 0.05) is 36.7 Å². The number of nitrogens with zero attached hydrogens (tertiary/aromatic N) is 2. The molecule has 3 aliphatic rings. The Kier molecular flexibility index (Phi) is 10.6. The summed E-state index contributed by atoms with van der Waals surface area (Å²) in [4.78, 5) is 9.55. The molecule has 0 amide bonds. The first-order valence-corrected chi connectivity index (χ1v) is 15.8. The van der Waals surface area contributed by atoms with E-state index in [0.29, 0.717) is 81.0 Å². The summed E-state index contributed by atoms with van der Waals surface area (Å²) in [5, 5.41) is 0. The molecular weight excluding hydrogens is 599 g/mol. The number of alkyl halides is 3. The summed E-state index contributed by atoms with van der Waals surface area (Å²) in [5.74, 6) is -0.911. The van der Waals surface area contributed by atoms with Crippen molar-refractivity contribution < 1.29 is 31.4 Å². The van der Waals surface area contributed by atoms with E-state index in [-0.39, 0.29) is 22.8 Å². The monoisotopic (exact) mass is 638 g/mol. The minimum absolute atomic E-state index is 0.0678. The van der Waals surface area contributed by atoms with Crippen LogP contribution in [0.1, 0.15) is 82.4 Å². The van der Waals surface area contributed by atoms with Crippen molar-refractivity contribution in [3.05, 3.63) is 105 Å². The lowest BCUT2D eigenvalue weighted by Crippen LogP contribution is -2.10. The fraction of sp³-hybridized carbons (Fsp3) is 0.405. The first kappa shape index (κ1) is 33.4. The first-order chi connectivity index (χ1) is 22.0. The Labute approximate surface area is 267 Å². The fourth-order valence-corrected chi connectivity index (χ4v) is 5.99. The zero-order chi connectivity index (χ0) is 32.8. The molecule has 0 saturated heterocycles. The van der Waals surface area contributed by atoms with E-state index in [2.05, 4.69) is 0 Å². The maximum atomic E-state index is 14.7. The van der Waals surface area contributed by atoms with Crippen LogP contribution in [0.5, 0.6) is 5.75 Å². The minimum atomic E-state index is -4.55. The number of allylic oxidation sites excluding steroid dienone is 6. The molecule has 1 atom stereocenters. The van der Waals surface area contributed by atoms with Crippen molar-refractivity contribution in [2.75, 3.05) is 19.8 Å². The van der Waals surface area contributed by atoms with Gasteiger partial charge in [-0.05, 0) is 93.3 Å². The number of rotatable bonds is 7. The lowest BCUT2D eigenvalue weighted by Gasteiger charge is -2.18. The van der Waals surface area contributed by atoms with Crippen LogP contribution in [0.2, 0.25) is 0 Å². The molecule has 0 aromatic heterocycles. The Balaban J connectivity index is 1.40. The summed E-state index contributed by atoms with van der Waals surface area (Å²) >= 11 is 0. The fourth-order valence-electron chi connectivity index (χ4n) is 5.99. The van der Waals surface area contributed by atoms with E-state index in [0.717, 1.165) is 35.3 Å². The normalized spacial score (nSPS) is 19.5. The lowest BCUT2D eigenvalue weighted by atomic mass is 9.92. The van der Waals surface area contributed by atoms with Gasteiger partial charge in [-0.25, -0.2) is 8.78 Å². The van der Waals surface area contributed by atoms with Gasteiger partial charge in [-0.2, -0.15) is 13.2 Å². The van der Waals surface area contributed by atoms with Crippen molar-refractivity contribution in [2.24, 2.45) is 15.9 Å². The molecule has 0 aliphatic carbocycles. The van der Waals surface area contributed by atoms with Crippen LogP contribution in [0.15, 0.2) is 86.7 Å². The van der Waals surface area contributed by atoms with Gasteiger partial charge in [-0.3, -0.25) is 9.98 Å². The molecule has 2 aromatic carbocycles. The molecule has 0 spiro atoms. The van der Waals surface area contributed by atoms with Gasteiger partial charge in [0.25, 0.3) is 0 Å². The van der Waals surface area contributed by atoms with Gasteiger partial charge in [0.1, 0.15) is 5.75 Å². The van der Waals surface area contributed by atoms with Crippen LogP contribution in [0.3, 0.4) is 0 Å². The SMILES string of the molecule is CCCOc1ccc(C2=C(C)CCOC(CC3CCC=C4N=C(c5cccc(F)c5F)CCC(C)=C4C=NC3)=C2)c(C(F)(F)F)c1. The molecule has 46 heavy (non-hydrogen) atoms. The van der Waals surface area contributed by atoms with E-state index in [1.54, 1.807) is 18.2 Å². The van der Waals surface area contributed by atoms with E-state index < -0.39 is 23.4 Å². The van der Waals surface area contributed by atoms with Gasteiger partial charge in [0.2, 0.25) is 0 Å². The lowest BCUT2D eigenvalue weighted by molar-refractivity contribution is -0.137. The van der Waals surface area contributed by atoms with Crippen molar-refractivity contribution in [1.82, 2.24) is 0 Å². The number of aliphatic imine (C=N–C) groups is 2. The van der Waals surface area contributed by atoms with Gasteiger partial charge < -0.3 is 9.47 Å². The minimum Gasteiger partial charge on any atom is -0.498 e. The summed E-state index contributed by atoms with van der Waals surface area (Å²) in [5.41, 5.74) is 4.02. The maximum Gasteiger partial charge on any atom is 0.417 e. The summed E-state index contributed by atoms with van der Waals surface area (Å²) in [7, 11) is 0. The van der Waals surface area contributed by atoms with Crippen molar-refractivity contribution in [3.8, 4) is 5.75 Å². The van der Waals surface area contributed by atoms with Crippen molar-refractivity contribution in [1.29, 1.82) is 0 Å². The highest BCUT2D eigenvalue weighted by molar-refractivity contribution is 6.03. The largest absolute Gasteiger partial charge is 0.498 e. The van der Waals surface area contributed by atoms with Crippen LogP contribution >= 0.6 is 0 Å². The third kappa shape index (κ3) is 7.85. The van der Waals surface area contributed by atoms with Gasteiger partial charge in [-0.1, -0.05) is 36.3 Å². The highest BCUT2D eigenvalue weighted by Gasteiger charge is 2.35. The molecule has 244 valence electrons. The Hall–Kier alpha value is -4.01. The summed E-state index contributed by atoms with van der Waals surface area (Å²) < 4.78 is 83.1. The Morgan fingerprint density at radius 3 is 2.57 bits per heavy atom. The summed E-state index contributed by atoms with van der Waals surface area (Å²) in [6, 6.07) is 8.30. The van der Waals surface area contributed by atoms with E-state index in [1.165, 1.54) is 12.1 Å². The molecule has 0 fully saturated rings. The van der Waals surface area contributed by atoms with E-state index >= 15 is 0 Å². The average Bonchev–Trinajstić information content (AvgIpc) is 3.24. The average molecular weight is 639 g/mol. The number of benzene rings is 2. The number of hydrogen-bond donors (Lipinski definition) is 0. The second kappa shape index (κ2) is 14.6. The molecule has 0 radical (unpaired) electrons. The number of hydrogen-bond acceptors (Lipinski definition) is 4. The Morgan fingerprint density at radius 2 is 1.78 bits per heavy atom. The van der Waals surface area contributed by atoms with Crippen molar-refractivity contribution in [3.63, 3.8) is 0 Å². The van der Waals surface area contributed by atoms with Gasteiger partial charge in [0.05, 0.1) is 35.9 Å². The van der Waals surface area contributed by atoms with Crippen molar-refractivity contribution in [2.45, 2.75) is 71.9 Å². The van der Waals surface area contributed by atoms with E-state index in [1.807, 2.05) is 33.1 Å². The number of ether oxygens (including phenoxy) is 2. The molecule has 4 nitrogen and oxygen atoms in total. The van der Waals surface area contributed by atoms with E-state index in [4.69, 9.17) is 19.5 Å². The third-order valence-electron chi connectivity index (χ3n) is 8.57. The van der Waals surface area contributed by atoms with E-state index in [9.17, 15) is 22.0 Å². The smallest absolute Gasteiger partial charge is 0.417 e. The highest BCUT2D eigenvalue weighted by Crippen LogP contribution is 2.40. The standard InChI is InChI=1S/C37H39F5N2O2/c1-4-16-45-26-12-13-28(32(20-26)37(40,41)42)30-19-27(46-17-15-24(30)3)18-25-7-5-10-34-31(22-43-21-25)23(2)11-14-35(44-34)29-8-6-9-33(38)36(29)39/h6,8-10,12-13,19-20,22,25H,4-5,7,11,14-18,21H2,1-3H3. The molecule has 3 aliphatic heterocycles. The molecule has 1 unspecified atom stereocenters. The zero-order valence-corrected chi connectivity index (χ0v) is 26.4. The quantitative estimate of drug-likeness (QED) is 0.283. The second-order valence-electron chi connectivity index (χ2n) is 12.0. The molecule has 0 N–H and O–H groups in total. The summed E-state index contributed by atoms with van der Waals surface area (Å²) in [6.45, 7) is 6.97. The predicted octanol–water partition coefficient (Wildman–Crippen LogP) is 10.2. The van der Waals surface area contributed by atoms with Crippen LogP contribution < -0.4 is 4.74 Å². The van der Waals surface area contributed by atoms with Gasteiger partial charge >= 0.3 is 6.18 Å². The van der Waals surface area contributed by atoms with Crippen LogP contribution in [0.25, 0.3) is 5.57 Å². The molecule has 2 aromatic rings. The van der Waals surface area contributed by atoms with Crippen LogP contribution in [-0.4, -0.2) is 31.7 Å². The second-order valence-corrected chi connectivity index (χ2v) is 12.0. The molecule has 0 saturated carbocycles. The third-order valence-corrected chi connectivity index (χ3v) is 8.57. The molecule has 3 heterocycles. The summed E-state index contributed by atoms with van der Waals surface area (Å²) in [6.07, 6.45) is 5.26. The van der Waals surface area contributed by atoms with Crippen LogP contribution in [0.4, 0.5) is 22.0 Å². The number of halogens is 5.